The number of hydrogen-bond acceptors (Lipinski definition) is 5. The number of benzene rings is 1. The summed E-state index contributed by atoms with van der Waals surface area (Å²) in [6, 6.07) is 7.82. The molecule has 0 atom stereocenters. The molecule has 3 aromatic rings. The fraction of sp³-hybridized carbons (Fsp3) is 0.211. The number of carbonyl (C=O) groups excluding carboxylic acids is 1. The molecule has 6 nitrogen and oxygen atoms in total. The predicted molar refractivity (Wildman–Crippen MR) is 94.4 cm³/mol. The van der Waals surface area contributed by atoms with Crippen LogP contribution in [-0.2, 0) is 10.2 Å². The van der Waals surface area contributed by atoms with Gasteiger partial charge in [-0.05, 0) is 44.0 Å². The maximum atomic E-state index is 13.0. The second-order valence-electron chi connectivity index (χ2n) is 6.62. The largest absolute Gasteiger partial charge is 0.278 e. The third kappa shape index (κ3) is 2.38. The Bertz CT molecular complexity index is 951. The molecular weight excluding hydrogens is 314 g/mol. The number of fused-ring (bicyclic) bond motifs is 1. The molecule has 1 amide bonds. The molecule has 0 unspecified atom stereocenters. The fourth-order valence-corrected chi connectivity index (χ4v) is 3.14. The van der Waals surface area contributed by atoms with Gasteiger partial charge in [-0.2, -0.15) is 10.2 Å². The standard InChI is InChI=1S/C19H17N5O/c1-12-20-9-14(10-21-12)13-4-5-16-17(8-13)24(18(25)19(16,2)3)15-6-7-22-23-11-15/h4-11H,1-3H3. The number of anilines is 2. The van der Waals surface area contributed by atoms with E-state index in [1.807, 2.05) is 39.0 Å². The van der Waals surface area contributed by atoms with E-state index in [1.165, 1.54) is 0 Å². The van der Waals surface area contributed by atoms with E-state index < -0.39 is 5.41 Å². The summed E-state index contributed by atoms with van der Waals surface area (Å²) in [4.78, 5) is 23.3. The van der Waals surface area contributed by atoms with Gasteiger partial charge in [0.1, 0.15) is 5.82 Å². The van der Waals surface area contributed by atoms with Gasteiger partial charge in [-0.1, -0.05) is 12.1 Å². The molecule has 0 saturated carbocycles. The van der Waals surface area contributed by atoms with Crippen LogP contribution in [-0.4, -0.2) is 26.1 Å². The van der Waals surface area contributed by atoms with Crippen molar-refractivity contribution in [1.29, 1.82) is 0 Å². The minimum atomic E-state index is -0.596. The highest BCUT2D eigenvalue weighted by atomic mass is 16.2. The topological polar surface area (TPSA) is 71.9 Å². The number of amides is 1. The summed E-state index contributed by atoms with van der Waals surface area (Å²) in [5.74, 6) is 0.749. The van der Waals surface area contributed by atoms with Gasteiger partial charge in [-0.25, -0.2) is 9.97 Å². The first-order valence-electron chi connectivity index (χ1n) is 8.03. The number of hydrogen-bond donors (Lipinski definition) is 0. The molecule has 0 N–H and O–H groups in total. The van der Waals surface area contributed by atoms with Crippen molar-refractivity contribution in [2.24, 2.45) is 0 Å². The van der Waals surface area contributed by atoms with Gasteiger partial charge in [0, 0.05) is 18.0 Å². The molecule has 1 aliphatic heterocycles. The molecule has 0 aliphatic carbocycles. The van der Waals surface area contributed by atoms with Crippen LogP contribution < -0.4 is 4.90 Å². The van der Waals surface area contributed by atoms with E-state index in [0.29, 0.717) is 5.69 Å². The summed E-state index contributed by atoms with van der Waals surface area (Å²) in [7, 11) is 0. The Balaban J connectivity index is 1.88. The SMILES string of the molecule is Cc1ncc(-c2ccc3c(c2)N(c2ccnnc2)C(=O)C3(C)C)cn1. The lowest BCUT2D eigenvalue weighted by Gasteiger charge is -2.19. The van der Waals surface area contributed by atoms with Gasteiger partial charge in [0.25, 0.3) is 0 Å². The van der Waals surface area contributed by atoms with E-state index in [2.05, 4.69) is 20.2 Å². The zero-order chi connectivity index (χ0) is 17.6. The van der Waals surface area contributed by atoms with Gasteiger partial charge in [-0.15, -0.1) is 0 Å². The first kappa shape index (κ1) is 15.4. The highest BCUT2D eigenvalue weighted by Crippen LogP contribution is 2.46. The van der Waals surface area contributed by atoms with Crippen LogP contribution in [0.4, 0.5) is 11.4 Å². The van der Waals surface area contributed by atoms with Crippen LogP contribution in [0.5, 0.6) is 0 Å². The Labute approximate surface area is 145 Å². The lowest BCUT2D eigenvalue weighted by molar-refractivity contribution is -0.121. The maximum Gasteiger partial charge on any atom is 0.241 e. The lowest BCUT2D eigenvalue weighted by atomic mass is 9.85. The van der Waals surface area contributed by atoms with E-state index >= 15 is 0 Å². The molecule has 4 rings (SSSR count). The Kier molecular flexibility index (Phi) is 3.35. The molecule has 25 heavy (non-hydrogen) atoms. The summed E-state index contributed by atoms with van der Waals surface area (Å²) >= 11 is 0. The summed E-state index contributed by atoms with van der Waals surface area (Å²) < 4.78 is 0. The highest BCUT2D eigenvalue weighted by molar-refractivity contribution is 6.12. The average molecular weight is 331 g/mol. The molecule has 0 spiro atoms. The Morgan fingerprint density at radius 2 is 1.72 bits per heavy atom. The summed E-state index contributed by atoms with van der Waals surface area (Å²) in [5.41, 5.74) is 3.85. The molecule has 124 valence electrons. The van der Waals surface area contributed by atoms with Gasteiger partial charge in [0.05, 0.1) is 29.2 Å². The number of nitrogens with zero attached hydrogens (tertiary/aromatic N) is 5. The monoisotopic (exact) mass is 331 g/mol. The van der Waals surface area contributed by atoms with E-state index in [0.717, 1.165) is 28.2 Å². The second kappa shape index (κ2) is 5.44. The summed E-state index contributed by atoms with van der Waals surface area (Å²) in [6.45, 7) is 5.74. The van der Waals surface area contributed by atoms with E-state index in [1.54, 1.807) is 35.8 Å². The molecule has 6 heteroatoms. The van der Waals surface area contributed by atoms with Gasteiger partial charge in [0.15, 0.2) is 0 Å². The number of carbonyl (C=O) groups is 1. The van der Waals surface area contributed by atoms with Crippen LogP contribution in [0.25, 0.3) is 11.1 Å². The number of aromatic nitrogens is 4. The van der Waals surface area contributed by atoms with Crippen LogP contribution in [0.1, 0.15) is 25.2 Å². The normalized spacial score (nSPS) is 15.3. The zero-order valence-electron chi connectivity index (χ0n) is 14.3. The fourth-order valence-electron chi connectivity index (χ4n) is 3.14. The van der Waals surface area contributed by atoms with E-state index in [-0.39, 0.29) is 5.91 Å². The molecule has 1 aromatic carbocycles. The molecule has 0 radical (unpaired) electrons. The van der Waals surface area contributed by atoms with Crippen LogP contribution in [0.2, 0.25) is 0 Å². The molecule has 0 saturated heterocycles. The lowest BCUT2D eigenvalue weighted by Crippen LogP contribution is -2.33. The smallest absolute Gasteiger partial charge is 0.241 e. The van der Waals surface area contributed by atoms with Crippen LogP contribution in [0, 0.1) is 6.92 Å². The molecular formula is C19H17N5O. The van der Waals surface area contributed by atoms with Crippen molar-refractivity contribution in [2.45, 2.75) is 26.2 Å². The number of rotatable bonds is 2. The van der Waals surface area contributed by atoms with Crippen molar-refractivity contribution in [3.63, 3.8) is 0 Å². The minimum Gasteiger partial charge on any atom is -0.278 e. The minimum absolute atomic E-state index is 0.0211. The van der Waals surface area contributed by atoms with Gasteiger partial charge < -0.3 is 0 Å². The van der Waals surface area contributed by atoms with Gasteiger partial charge >= 0.3 is 0 Å². The summed E-state index contributed by atoms with van der Waals surface area (Å²) in [6.07, 6.45) is 6.78. The third-order valence-electron chi connectivity index (χ3n) is 4.59. The Morgan fingerprint density at radius 1 is 0.960 bits per heavy atom. The summed E-state index contributed by atoms with van der Waals surface area (Å²) in [5, 5.41) is 7.71. The first-order valence-corrected chi connectivity index (χ1v) is 8.03. The molecule has 2 aromatic heterocycles. The van der Waals surface area contributed by atoms with Crippen molar-refractivity contribution in [3.8, 4) is 11.1 Å². The average Bonchev–Trinajstić information content (AvgIpc) is 2.82. The van der Waals surface area contributed by atoms with E-state index in [4.69, 9.17) is 0 Å². The number of aryl methyl sites for hydroxylation is 1. The van der Waals surface area contributed by atoms with Crippen molar-refractivity contribution in [2.75, 3.05) is 4.90 Å². The first-order chi connectivity index (χ1) is 12.0. The van der Waals surface area contributed by atoms with Crippen molar-refractivity contribution in [3.05, 3.63) is 60.4 Å². The maximum absolute atomic E-state index is 13.0. The zero-order valence-corrected chi connectivity index (χ0v) is 14.3. The van der Waals surface area contributed by atoms with Crippen molar-refractivity contribution < 1.29 is 4.79 Å². The second-order valence-corrected chi connectivity index (χ2v) is 6.62. The highest BCUT2D eigenvalue weighted by Gasteiger charge is 2.44. The van der Waals surface area contributed by atoms with Crippen molar-refractivity contribution in [1.82, 2.24) is 20.2 Å². The quantitative estimate of drug-likeness (QED) is 0.721. The van der Waals surface area contributed by atoms with Crippen molar-refractivity contribution >= 4 is 17.3 Å². The molecule has 3 heterocycles. The van der Waals surface area contributed by atoms with Gasteiger partial charge in [0.2, 0.25) is 5.91 Å². The van der Waals surface area contributed by atoms with Crippen LogP contribution in [0.15, 0.2) is 49.1 Å². The van der Waals surface area contributed by atoms with Crippen LogP contribution in [0.3, 0.4) is 0 Å². The third-order valence-corrected chi connectivity index (χ3v) is 4.59. The molecule has 0 bridgehead atoms. The molecule has 1 aliphatic rings. The van der Waals surface area contributed by atoms with E-state index in [9.17, 15) is 4.79 Å². The van der Waals surface area contributed by atoms with Gasteiger partial charge in [-0.3, -0.25) is 9.69 Å². The van der Waals surface area contributed by atoms with Crippen LogP contribution >= 0.6 is 0 Å². The Hall–Kier alpha value is -3.15. The molecule has 0 fully saturated rings. The predicted octanol–water partition coefficient (Wildman–Crippen LogP) is 3.20. The Morgan fingerprint density at radius 3 is 2.40 bits per heavy atom.